The van der Waals surface area contributed by atoms with E-state index in [4.69, 9.17) is 10.9 Å². The average Bonchev–Trinajstić information content (AvgIpc) is 2.68. The van der Waals surface area contributed by atoms with E-state index in [-0.39, 0.29) is 11.5 Å². The molecular formula is C20H12F4N4O2S. The first-order chi connectivity index (χ1) is 14.6. The lowest BCUT2D eigenvalue weighted by atomic mass is 9.96. The minimum atomic E-state index is -4.63. The highest BCUT2D eigenvalue weighted by atomic mass is 32.2. The van der Waals surface area contributed by atoms with Crippen molar-refractivity contribution in [2.24, 2.45) is 5.14 Å². The lowest BCUT2D eigenvalue weighted by Crippen LogP contribution is -2.15. The molecule has 4 aromatic rings. The van der Waals surface area contributed by atoms with Gasteiger partial charge in [-0.1, -0.05) is 6.07 Å². The zero-order valence-electron chi connectivity index (χ0n) is 15.4. The summed E-state index contributed by atoms with van der Waals surface area (Å²) in [6.45, 7) is 0. The molecule has 0 radical (unpaired) electrons. The highest BCUT2D eigenvalue weighted by Gasteiger charge is 2.26. The lowest BCUT2D eigenvalue weighted by Gasteiger charge is -2.14. The lowest BCUT2D eigenvalue weighted by molar-refractivity contribution is 0.566. The summed E-state index contributed by atoms with van der Waals surface area (Å²) in [6.07, 6.45) is 1.36. The molecule has 1 heterocycles. The number of nitrogens with two attached hydrogens (primary N) is 2. The topological polar surface area (TPSA) is 112 Å². The second-order valence-corrected chi connectivity index (χ2v) is 8.12. The number of hydrogen-bond acceptors (Lipinski definition) is 5. The number of benzene rings is 3. The number of nitrogen functional groups attached to an aromatic ring is 1. The zero-order chi connectivity index (χ0) is 22.5. The van der Waals surface area contributed by atoms with Gasteiger partial charge in [0.1, 0.15) is 23.3 Å². The van der Waals surface area contributed by atoms with Gasteiger partial charge in [-0.15, -0.1) is 0 Å². The van der Waals surface area contributed by atoms with E-state index in [1.54, 1.807) is 0 Å². The first-order valence-electron chi connectivity index (χ1n) is 8.59. The van der Waals surface area contributed by atoms with Crippen LogP contribution < -0.4 is 10.9 Å². The first-order valence-corrected chi connectivity index (χ1v) is 10.1. The highest BCUT2D eigenvalue weighted by molar-refractivity contribution is 7.89. The quantitative estimate of drug-likeness (QED) is 0.464. The fourth-order valence-electron chi connectivity index (χ4n) is 3.25. The van der Waals surface area contributed by atoms with Crippen LogP contribution in [-0.4, -0.2) is 18.4 Å². The van der Waals surface area contributed by atoms with Gasteiger partial charge in [-0.2, -0.15) is 0 Å². The molecule has 4 rings (SSSR count). The van der Waals surface area contributed by atoms with Crippen LogP contribution in [0, 0.1) is 23.3 Å². The van der Waals surface area contributed by atoms with E-state index in [1.165, 1.54) is 24.4 Å². The maximum Gasteiger partial charge on any atom is 0.238 e. The molecule has 0 aliphatic rings. The van der Waals surface area contributed by atoms with E-state index in [0.29, 0.717) is 23.0 Å². The van der Waals surface area contributed by atoms with Gasteiger partial charge in [-0.3, -0.25) is 0 Å². The largest absolute Gasteiger partial charge is 0.368 e. The molecule has 0 spiro atoms. The third-order valence-electron chi connectivity index (χ3n) is 4.57. The van der Waals surface area contributed by atoms with Crippen LogP contribution in [0.2, 0.25) is 0 Å². The molecular weight excluding hydrogens is 436 g/mol. The maximum absolute atomic E-state index is 15.4. The first kappa shape index (κ1) is 20.7. The molecule has 1 aromatic heterocycles. The van der Waals surface area contributed by atoms with Crippen LogP contribution in [-0.2, 0) is 10.0 Å². The van der Waals surface area contributed by atoms with E-state index in [0.717, 1.165) is 12.1 Å². The van der Waals surface area contributed by atoms with E-state index in [2.05, 4.69) is 9.97 Å². The Morgan fingerprint density at radius 2 is 1.61 bits per heavy atom. The third-order valence-corrected chi connectivity index (χ3v) is 5.51. The molecule has 3 aromatic carbocycles. The van der Waals surface area contributed by atoms with Crippen LogP contribution in [0.15, 0.2) is 53.6 Å². The molecule has 0 fully saturated rings. The van der Waals surface area contributed by atoms with Gasteiger partial charge in [0.15, 0.2) is 0 Å². The van der Waals surface area contributed by atoms with Gasteiger partial charge in [-0.05, 0) is 35.9 Å². The van der Waals surface area contributed by atoms with Gasteiger partial charge in [0.2, 0.25) is 16.0 Å². The standard InChI is InChI=1S/C20H12F4N4O2S/c21-11-6-14(23)18(16(7-11)31(26,29)30)12-2-3-13(22)17(19(12)24)9-1-4-15-10(5-9)8-27-20(25)28-15/h1-8H,(H2,25,27,28)(H2,26,29,30). The molecule has 0 aliphatic heterocycles. The molecule has 0 aliphatic carbocycles. The van der Waals surface area contributed by atoms with Crippen LogP contribution in [0.25, 0.3) is 33.2 Å². The van der Waals surface area contributed by atoms with Crippen LogP contribution in [0.3, 0.4) is 0 Å². The van der Waals surface area contributed by atoms with Crippen molar-refractivity contribution in [1.82, 2.24) is 9.97 Å². The molecule has 11 heteroatoms. The molecule has 0 saturated carbocycles. The van der Waals surface area contributed by atoms with E-state index < -0.39 is 54.9 Å². The van der Waals surface area contributed by atoms with Gasteiger partial charge in [0.25, 0.3) is 0 Å². The number of primary sulfonamides is 1. The van der Waals surface area contributed by atoms with Crippen molar-refractivity contribution in [3.05, 3.63) is 71.9 Å². The van der Waals surface area contributed by atoms with Gasteiger partial charge in [0, 0.05) is 28.8 Å². The molecule has 0 saturated heterocycles. The van der Waals surface area contributed by atoms with Crippen LogP contribution in [0.4, 0.5) is 23.5 Å². The van der Waals surface area contributed by atoms with Gasteiger partial charge in [0.05, 0.1) is 16.0 Å². The zero-order valence-corrected chi connectivity index (χ0v) is 16.2. The summed E-state index contributed by atoms with van der Waals surface area (Å²) in [6, 6.07) is 6.75. The fourth-order valence-corrected chi connectivity index (χ4v) is 4.02. The Morgan fingerprint density at radius 1 is 0.871 bits per heavy atom. The summed E-state index contributed by atoms with van der Waals surface area (Å²) >= 11 is 0. The number of fused-ring (bicyclic) bond motifs is 1. The summed E-state index contributed by atoms with van der Waals surface area (Å²) in [5.41, 5.74) is 4.03. The van der Waals surface area contributed by atoms with Crippen molar-refractivity contribution in [2.45, 2.75) is 4.90 Å². The van der Waals surface area contributed by atoms with Crippen molar-refractivity contribution in [3.8, 4) is 22.3 Å². The Labute approximate surface area is 173 Å². The number of aromatic nitrogens is 2. The molecule has 31 heavy (non-hydrogen) atoms. The summed E-state index contributed by atoms with van der Waals surface area (Å²) in [7, 11) is -4.63. The van der Waals surface area contributed by atoms with Crippen molar-refractivity contribution in [3.63, 3.8) is 0 Å². The van der Waals surface area contributed by atoms with Crippen LogP contribution >= 0.6 is 0 Å². The Bertz CT molecular complexity index is 1480. The number of sulfonamides is 1. The third kappa shape index (κ3) is 3.68. The number of halogens is 4. The smallest absolute Gasteiger partial charge is 0.238 e. The minimum Gasteiger partial charge on any atom is -0.368 e. The molecule has 0 bridgehead atoms. The molecule has 4 N–H and O–H groups in total. The second kappa shape index (κ2) is 7.29. The Hall–Kier alpha value is -3.57. The molecule has 6 nitrogen and oxygen atoms in total. The second-order valence-electron chi connectivity index (χ2n) is 6.59. The SMILES string of the molecule is Nc1ncc2cc(-c3c(F)ccc(-c4c(F)cc(F)cc4S(N)(=O)=O)c3F)ccc2n1. The Balaban J connectivity index is 2.00. The fraction of sp³-hybridized carbons (Fsp3) is 0. The summed E-state index contributed by atoms with van der Waals surface area (Å²) < 4.78 is 81.9. The van der Waals surface area contributed by atoms with Gasteiger partial charge < -0.3 is 5.73 Å². The number of nitrogens with zero attached hydrogens (tertiary/aromatic N) is 2. The summed E-state index contributed by atoms with van der Waals surface area (Å²) in [5, 5.41) is 5.48. The Kier molecular flexibility index (Phi) is 4.86. The van der Waals surface area contributed by atoms with Crippen molar-refractivity contribution < 1.29 is 26.0 Å². The minimum absolute atomic E-state index is 0.0157. The van der Waals surface area contributed by atoms with Crippen molar-refractivity contribution in [2.75, 3.05) is 5.73 Å². The number of anilines is 1. The van der Waals surface area contributed by atoms with E-state index >= 15 is 4.39 Å². The Morgan fingerprint density at radius 3 is 2.32 bits per heavy atom. The van der Waals surface area contributed by atoms with E-state index in [9.17, 15) is 21.6 Å². The predicted molar refractivity (Wildman–Crippen MR) is 106 cm³/mol. The molecule has 0 amide bonds. The van der Waals surface area contributed by atoms with Gasteiger partial charge >= 0.3 is 0 Å². The number of hydrogen-bond donors (Lipinski definition) is 2. The normalized spacial score (nSPS) is 11.8. The summed E-state index contributed by atoms with van der Waals surface area (Å²) in [5.74, 6) is -4.82. The predicted octanol–water partition coefficient (Wildman–Crippen LogP) is 3.75. The highest BCUT2D eigenvalue weighted by Crippen LogP contribution is 2.38. The van der Waals surface area contributed by atoms with Gasteiger partial charge in [-0.25, -0.2) is 41.1 Å². The monoisotopic (exact) mass is 448 g/mol. The van der Waals surface area contributed by atoms with Crippen molar-refractivity contribution in [1.29, 1.82) is 0 Å². The summed E-state index contributed by atoms with van der Waals surface area (Å²) in [4.78, 5) is 6.85. The molecule has 158 valence electrons. The molecule has 0 atom stereocenters. The van der Waals surface area contributed by atoms with Crippen molar-refractivity contribution >= 4 is 26.9 Å². The van der Waals surface area contributed by atoms with Crippen LogP contribution in [0.5, 0.6) is 0 Å². The maximum atomic E-state index is 15.4. The van der Waals surface area contributed by atoms with E-state index in [1.807, 2.05) is 0 Å². The van der Waals surface area contributed by atoms with Crippen LogP contribution in [0.1, 0.15) is 0 Å². The number of rotatable bonds is 3. The average molecular weight is 448 g/mol. The molecule has 0 unspecified atom stereocenters.